The van der Waals surface area contributed by atoms with Gasteiger partial charge in [0.05, 0.1) is 0 Å². The Hall–Kier alpha value is -2.81. The molecule has 0 aliphatic heterocycles. The third-order valence-corrected chi connectivity index (χ3v) is 4.51. The first-order chi connectivity index (χ1) is 12.5. The fraction of sp³-hybridized carbons (Fsp3) is 0.261. The molecule has 3 nitrogen and oxygen atoms in total. The Morgan fingerprint density at radius 2 is 1.69 bits per heavy atom. The standard InChI is InChI=1S/C23H25NO2/c1-15(2)19-13-12-16(3)14-22(19)26-17(4)23(25)24-21-11-7-9-18-8-5-6-10-20(18)21/h5-15,17H,1-4H3,(H,24,25)/t17-/m0/s1. The zero-order valence-corrected chi connectivity index (χ0v) is 15.7. The van der Waals surface area contributed by atoms with Crippen LogP contribution in [0.15, 0.2) is 60.7 Å². The molecule has 0 aromatic heterocycles. The molecule has 0 spiro atoms. The molecule has 1 amide bonds. The van der Waals surface area contributed by atoms with E-state index in [2.05, 4.69) is 31.3 Å². The highest BCUT2D eigenvalue weighted by Gasteiger charge is 2.18. The van der Waals surface area contributed by atoms with E-state index in [0.717, 1.165) is 33.3 Å². The van der Waals surface area contributed by atoms with Crippen LogP contribution in [0, 0.1) is 6.92 Å². The molecule has 0 saturated heterocycles. The summed E-state index contributed by atoms with van der Waals surface area (Å²) < 4.78 is 6.02. The van der Waals surface area contributed by atoms with E-state index >= 15 is 0 Å². The Morgan fingerprint density at radius 1 is 0.962 bits per heavy atom. The summed E-state index contributed by atoms with van der Waals surface area (Å²) in [6, 6.07) is 20.0. The summed E-state index contributed by atoms with van der Waals surface area (Å²) in [4.78, 5) is 12.7. The number of benzene rings is 3. The number of nitrogens with one attached hydrogen (secondary N) is 1. The lowest BCUT2D eigenvalue weighted by atomic mass is 10.0. The van der Waals surface area contributed by atoms with Gasteiger partial charge in [0, 0.05) is 11.1 Å². The van der Waals surface area contributed by atoms with E-state index in [4.69, 9.17) is 4.74 Å². The SMILES string of the molecule is Cc1ccc(C(C)C)c(O[C@@H](C)C(=O)Nc2cccc3ccccc23)c1. The molecule has 3 rings (SSSR count). The molecule has 0 radical (unpaired) electrons. The zero-order chi connectivity index (χ0) is 18.7. The van der Waals surface area contributed by atoms with Crippen molar-refractivity contribution < 1.29 is 9.53 Å². The van der Waals surface area contributed by atoms with Gasteiger partial charge in [-0.3, -0.25) is 4.79 Å². The third-order valence-electron chi connectivity index (χ3n) is 4.51. The molecule has 0 unspecified atom stereocenters. The molecule has 1 atom stereocenters. The van der Waals surface area contributed by atoms with Gasteiger partial charge in [-0.2, -0.15) is 0 Å². The van der Waals surface area contributed by atoms with Crippen molar-refractivity contribution in [1.29, 1.82) is 0 Å². The van der Waals surface area contributed by atoms with Gasteiger partial charge in [0.25, 0.3) is 5.91 Å². The number of amides is 1. The van der Waals surface area contributed by atoms with Crippen LogP contribution >= 0.6 is 0 Å². The minimum atomic E-state index is -0.590. The molecular formula is C23H25NO2. The number of rotatable bonds is 5. The number of carbonyl (C=O) groups is 1. The Labute approximate surface area is 155 Å². The molecule has 26 heavy (non-hydrogen) atoms. The molecule has 0 aliphatic carbocycles. The monoisotopic (exact) mass is 347 g/mol. The van der Waals surface area contributed by atoms with Gasteiger partial charge in [0.1, 0.15) is 5.75 Å². The highest BCUT2D eigenvalue weighted by molar-refractivity contribution is 6.03. The van der Waals surface area contributed by atoms with Crippen molar-refractivity contribution in [3.8, 4) is 5.75 Å². The molecule has 0 fully saturated rings. The van der Waals surface area contributed by atoms with Crippen LogP contribution < -0.4 is 10.1 Å². The maximum absolute atomic E-state index is 12.7. The molecule has 3 heteroatoms. The smallest absolute Gasteiger partial charge is 0.265 e. The van der Waals surface area contributed by atoms with E-state index in [1.54, 1.807) is 6.92 Å². The molecule has 134 valence electrons. The number of anilines is 1. The van der Waals surface area contributed by atoms with Crippen molar-refractivity contribution >= 4 is 22.4 Å². The first-order valence-electron chi connectivity index (χ1n) is 9.01. The minimum Gasteiger partial charge on any atom is -0.481 e. The number of carbonyl (C=O) groups excluding carboxylic acids is 1. The number of hydrogen-bond donors (Lipinski definition) is 1. The summed E-state index contributed by atoms with van der Waals surface area (Å²) in [5.74, 6) is 0.956. The summed E-state index contributed by atoms with van der Waals surface area (Å²) in [6.45, 7) is 8.06. The van der Waals surface area contributed by atoms with E-state index in [-0.39, 0.29) is 5.91 Å². The predicted octanol–water partition coefficient (Wildman–Crippen LogP) is 5.68. The van der Waals surface area contributed by atoms with Gasteiger partial charge in [-0.05, 0) is 48.4 Å². The molecule has 0 heterocycles. The van der Waals surface area contributed by atoms with Crippen molar-refractivity contribution in [2.75, 3.05) is 5.32 Å². The van der Waals surface area contributed by atoms with Crippen LogP contribution in [0.25, 0.3) is 10.8 Å². The van der Waals surface area contributed by atoms with Crippen molar-refractivity contribution in [2.24, 2.45) is 0 Å². The van der Waals surface area contributed by atoms with Crippen molar-refractivity contribution in [2.45, 2.75) is 39.7 Å². The third kappa shape index (κ3) is 3.88. The highest BCUT2D eigenvalue weighted by atomic mass is 16.5. The van der Waals surface area contributed by atoms with Gasteiger partial charge >= 0.3 is 0 Å². The maximum atomic E-state index is 12.7. The Bertz CT molecular complexity index is 925. The van der Waals surface area contributed by atoms with Gasteiger partial charge in [-0.15, -0.1) is 0 Å². The van der Waals surface area contributed by atoms with Gasteiger partial charge in [-0.25, -0.2) is 0 Å². The molecule has 0 aliphatic rings. The number of hydrogen-bond acceptors (Lipinski definition) is 2. The molecule has 1 N–H and O–H groups in total. The number of aryl methyl sites for hydroxylation is 1. The normalized spacial score (nSPS) is 12.2. The minimum absolute atomic E-state index is 0.155. The van der Waals surface area contributed by atoms with Gasteiger partial charge in [-0.1, -0.05) is 62.4 Å². The van der Waals surface area contributed by atoms with Crippen LogP contribution in [0.1, 0.15) is 37.8 Å². The lowest BCUT2D eigenvalue weighted by Crippen LogP contribution is -2.30. The quantitative estimate of drug-likeness (QED) is 0.645. The molecule has 0 bridgehead atoms. The highest BCUT2D eigenvalue weighted by Crippen LogP contribution is 2.29. The fourth-order valence-electron chi connectivity index (χ4n) is 3.03. The van der Waals surface area contributed by atoms with E-state index in [1.807, 2.05) is 55.5 Å². The van der Waals surface area contributed by atoms with Crippen LogP contribution in [-0.4, -0.2) is 12.0 Å². The van der Waals surface area contributed by atoms with Crippen molar-refractivity contribution in [1.82, 2.24) is 0 Å². The first kappa shape index (κ1) is 18.0. The van der Waals surface area contributed by atoms with Crippen molar-refractivity contribution in [3.63, 3.8) is 0 Å². The second-order valence-corrected chi connectivity index (χ2v) is 6.97. The second-order valence-electron chi connectivity index (χ2n) is 6.97. The molecule has 0 saturated carbocycles. The Balaban J connectivity index is 1.79. The van der Waals surface area contributed by atoms with Gasteiger partial charge in [0.15, 0.2) is 6.10 Å². The lowest BCUT2D eigenvalue weighted by molar-refractivity contribution is -0.122. The molecule has 3 aromatic carbocycles. The topological polar surface area (TPSA) is 38.3 Å². The predicted molar refractivity (Wildman–Crippen MR) is 108 cm³/mol. The molecular weight excluding hydrogens is 322 g/mol. The van der Waals surface area contributed by atoms with E-state index in [1.165, 1.54) is 0 Å². The van der Waals surface area contributed by atoms with Crippen LogP contribution in [0.4, 0.5) is 5.69 Å². The maximum Gasteiger partial charge on any atom is 0.265 e. The Morgan fingerprint density at radius 3 is 2.46 bits per heavy atom. The van der Waals surface area contributed by atoms with Crippen LogP contribution in [0.2, 0.25) is 0 Å². The Kier molecular flexibility index (Phi) is 5.27. The summed E-state index contributed by atoms with van der Waals surface area (Å²) >= 11 is 0. The average Bonchev–Trinajstić information content (AvgIpc) is 2.61. The summed E-state index contributed by atoms with van der Waals surface area (Å²) in [6.07, 6.45) is -0.590. The van der Waals surface area contributed by atoms with Gasteiger partial charge in [0.2, 0.25) is 0 Å². The number of fused-ring (bicyclic) bond motifs is 1. The zero-order valence-electron chi connectivity index (χ0n) is 15.7. The van der Waals surface area contributed by atoms with E-state index in [0.29, 0.717) is 5.92 Å². The summed E-state index contributed by atoms with van der Waals surface area (Å²) in [5.41, 5.74) is 3.03. The summed E-state index contributed by atoms with van der Waals surface area (Å²) in [7, 11) is 0. The summed E-state index contributed by atoms with van der Waals surface area (Å²) in [5, 5.41) is 5.12. The van der Waals surface area contributed by atoms with Crippen LogP contribution in [0.5, 0.6) is 5.75 Å². The molecule has 3 aromatic rings. The van der Waals surface area contributed by atoms with E-state index in [9.17, 15) is 4.79 Å². The first-order valence-corrected chi connectivity index (χ1v) is 9.01. The second kappa shape index (κ2) is 7.61. The largest absolute Gasteiger partial charge is 0.481 e. The fourth-order valence-corrected chi connectivity index (χ4v) is 3.03. The van der Waals surface area contributed by atoms with Gasteiger partial charge < -0.3 is 10.1 Å². The van der Waals surface area contributed by atoms with Crippen LogP contribution in [-0.2, 0) is 4.79 Å². The lowest BCUT2D eigenvalue weighted by Gasteiger charge is -2.19. The van der Waals surface area contributed by atoms with E-state index < -0.39 is 6.10 Å². The van der Waals surface area contributed by atoms with Crippen molar-refractivity contribution in [3.05, 3.63) is 71.8 Å². The average molecular weight is 347 g/mol. The van der Waals surface area contributed by atoms with Crippen LogP contribution in [0.3, 0.4) is 0 Å². The number of ether oxygens (including phenoxy) is 1.